The molecule has 0 aliphatic heterocycles. The molecule has 1 aromatic rings. The standard InChI is InChI=1S/C9H4ClF2NO/c10-3-9(14)6-1-5(11)2-8(12)7(6)4-13/h1-2H,3H2. The second-order valence-corrected chi connectivity index (χ2v) is 2.75. The summed E-state index contributed by atoms with van der Waals surface area (Å²) < 4.78 is 25.6. The zero-order chi connectivity index (χ0) is 10.7. The van der Waals surface area contributed by atoms with Gasteiger partial charge in [0.1, 0.15) is 17.7 Å². The van der Waals surface area contributed by atoms with Crippen molar-refractivity contribution in [3.05, 3.63) is 34.9 Å². The van der Waals surface area contributed by atoms with Crippen LogP contribution in [0, 0.1) is 23.0 Å². The highest BCUT2D eigenvalue weighted by Crippen LogP contribution is 2.16. The first kappa shape index (κ1) is 10.6. The van der Waals surface area contributed by atoms with Crippen molar-refractivity contribution in [1.82, 2.24) is 0 Å². The summed E-state index contributed by atoms with van der Waals surface area (Å²) in [4.78, 5) is 11.1. The molecule has 5 heteroatoms. The molecular weight excluding hydrogens is 212 g/mol. The quantitative estimate of drug-likeness (QED) is 0.561. The predicted octanol–water partition coefficient (Wildman–Crippen LogP) is 2.26. The normalized spacial score (nSPS) is 9.57. The zero-order valence-electron chi connectivity index (χ0n) is 6.85. The topological polar surface area (TPSA) is 40.9 Å². The molecule has 0 heterocycles. The lowest BCUT2D eigenvalue weighted by Gasteiger charge is -2.01. The number of hydrogen-bond donors (Lipinski definition) is 0. The number of Topliss-reactive ketones (excluding diaryl/α,β-unsaturated/α-hetero) is 1. The average Bonchev–Trinajstić information content (AvgIpc) is 2.15. The van der Waals surface area contributed by atoms with Crippen LogP contribution in [0.25, 0.3) is 0 Å². The monoisotopic (exact) mass is 215 g/mol. The van der Waals surface area contributed by atoms with Crippen molar-refractivity contribution in [3.8, 4) is 6.07 Å². The smallest absolute Gasteiger partial charge is 0.179 e. The van der Waals surface area contributed by atoms with Gasteiger partial charge in [-0.05, 0) is 6.07 Å². The first-order chi connectivity index (χ1) is 6.60. The van der Waals surface area contributed by atoms with E-state index in [-0.39, 0.29) is 5.56 Å². The van der Waals surface area contributed by atoms with Crippen molar-refractivity contribution in [3.63, 3.8) is 0 Å². The lowest BCUT2D eigenvalue weighted by molar-refractivity contribution is 0.102. The third-order valence-electron chi connectivity index (χ3n) is 1.59. The van der Waals surface area contributed by atoms with Crippen LogP contribution in [0.15, 0.2) is 12.1 Å². The maximum absolute atomic E-state index is 13.0. The Kier molecular flexibility index (Phi) is 3.15. The zero-order valence-corrected chi connectivity index (χ0v) is 7.61. The molecule has 1 rings (SSSR count). The van der Waals surface area contributed by atoms with Gasteiger partial charge in [0.05, 0.1) is 11.4 Å². The lowest BCUT2D eigenvalue weighted by atomic mass is 10.0. The van der Waals surface area contributed by atoms with Crippen LogP contribution >= 0.6 is 11.6 Å². The van der Waals surface area contributed by atoms with Gasteiger partial charge in [-0.3, -0.25) is 4.79 Å². The molecule has 0 bridgehead atoms. The summed E-state index contributed by atoms with van der Waals surface area (Å²) in [6.45, 7) is 0. The number of benzene rings is 1. The van der Waals surface area contributed by atoms with Crippen LogP contribution in [-0.2, 0) is 0 Å². The second kappa shape index (κ2) is 4.16. The molecule has 1 aromatic carbocycles. The first-order valence-electron chi connectivity index (χ1n) is 3.58. The molecule has 0 radical (unpaired) electrons. The number of carbonyl (C=O) groups is 1. The van der Waals surface area contributed by atoms with Gasteiger partial charge in [-0.25, -0.2) is 8.78 Å². The van der Waals surface area contributed by atoms with E-state index >= 15 is 0 Å². The van der Waals surface area contributed by atoms with Gasteiger partial charge >= 0.3 is 0 Å². The number of hydrogen-bond acceptors (Lipinski definition) is 2. The van der Waals surface area contributed by atoms with E-state index in [0.717, 1.165) is 6.07 Å². The van der Waals surface area contributed by atoms with Gasteiger partial charge in [0.15, 0.2) is 5.78 Å². The van der Waals surface area contributed by atoms with Crippen LogP contribution in [0.2, 0.25) is 0 Å². The van der Waals surface area contributed by atoms with Crippen LogP contribution in [-0.4, -0.2) is 11.7 Å². The number of nitrogens with zero attached hydrogens (tertiary/aromatic N) is 1. The van der Waals surface area contributed by atoms with Gasteiger partial charge in [-0.2, -0.15) is 5.26 Å². The number of nitriles is 1. The minimum atomic E-state index is -1.05. The van der Waals surface area contributed by atoms with E-state index in [1.54, 1.807) is 0 Å². The Morgan fingerprint density at radius 3 is 2.64 bits per heavy atom. The van der Waals surface area contributed by atoms with Crippen LogP contribution in [0.1, 0.15) is 15.9 Å². The third kappa shape index (κ3) is 1.88. The van der Waals surface area contributed by atoms with Crippen LogP contribution in [0.3, 0.4) is 0 Å². The largest absolute Gasteiger partial charge is 0.293 e. The summed E-state index contributed by atoms with van der Waals surface area (Å²) in [5.41, 5.74) is -0.794. The van der Waals surface area contributed by atoms with Crippen LogP contribution in [0.4, 0.5) is 8.78 Å². The highest BCUT2D eigenvalue weighted by Gasteiger charge is 2.16. The van der Waals surface area contributed by atoms with Gasteiger partial charge in [-0.15, -0.1) is 11.6 Å². The van der Waals surface area contributed by atoms with E-state index in [1.807, 2.05) is 0 Å². The maximum Gasteiger partial charge on any atom is 0.179 e. The van der Waals surface area contributed by atoms with Gasteiger partial charge in [-0.1, -0.05) is 0 Å². The van der Waals surface area contributed by atoms with Crippen molar-refractivity contribution < 1.29 is 13.6 Å². The van der Waals surface area contributed by atoms with Crippen LogP contribution < -0.4 is 0 Å². The van der Waals surface area contributed by atoms with Gasteiger partial charge in [0.25, 0.3) is 0 Å². The minimum Gasteiger partial charge on any atom is -0.293 e. The molecule has 0 aliphatic rings. The molecule has 0 atom stereocenters. The molecule has 0 unspecified atom stereocenters. The van der Waals surface area contributed by atoms with Crippen molar-refractivity contribution in [2.45, 2.75) is 0 Å². The Labute approximate surface area is 83.7 Å². The highest BCUT2D eigenvalue weighted by molar-refractivity contribution is 6.30. The van der Waals surface area contributed by atoms with Gasteiger partial charge < -0.3 is 0 Å². The summed E-state index contributed by atoms with van der Waals surface area (Å²) in [6, 6.07) is 2.83. The third-order valence-corrected chi connectivity index (χ3v) is 1.83. The van der Waals surface area contributed by atoms with E-state index in [9.17, 15) is 13.6 Å². The molecule has 14 heavy (non-hydrogen) atoms. The molecule has 0 saturated carbocycles. The van der Waals surface area contributed by atoms with E-state index < -0.39 is 28.9 Å². The Morgan fingerprint density at radius 1 is 1.50 bits per heavy atom. The number of carbonyl (C=O) groups excluding carboxylic acids is 1. The molecule has 0 aliphatic carbocycles. The predicted molar refractivity (Wildman–Crippen MR) is 46.1 cm³/mol. The summed E-state index contributed by atoms with van der Waals surface area (Å²) in [5, 5.41) is 8.53. The summed E-state index contributed by atoms with van der Waals surface area (Å²) in [7, 11) is 0. The van der Waals surface area contributed by atoms with E-state index in [2.05, 4.69) is 0 Å². The summed E-state index contributed by atoms with van der Waals surface area (Å²) in [6.07, 6.45) is 0. The fraction of sp³-hybridized carbons (Fsp3) is 0.111. The first-order valence-corrected chi connectivity index (χ1v) is 4.12. The average molecular weight is 216 g/mol. The van der Waals surface area contributed by atoms with Gasteiger partial charge in [0.2, 0.25) is 0 Å². The van der Waals surface area contributed by atoms with Crippen molar-refractivity contribution in [2.75, 3.05) is 5.88 Å². The second-order valence-electron chi connectivity index (χ2n) is 2.48. The minimum absolute atomic E-state index is 0.319. The molecular formula is C9H4ClF2NO. The molecule has 0 spiro atoms. The van der Waals surface area contributed by atoms with Crippen molar-refractivity contribution in [2.24, 2.45) is 0 Å². The Morgan fingerprint density at radius 2 is 2.14 bits per heavy atom. The van der Waals surface area contributed by atoms with Crippen molar-refractivity contribution in [1.29, 1.82) is 5.26 Å². The van der Waals surface area contributed by atoms with E-state index in [1.165, 1.54) is 6.07 Å². The Balaban J connectivity index is 3.41. The molecule has 0 N–H and O–H groups in total. The molecule has 0 amide bonds. The van der Waals surface area contributed by atoms with Gasteiger partial charge in [0, 0.05) is 11.6 Å². The Hall–Kier alpha value is -1.47. The summed E-state index contributed by atoms with van der Waals surface area (Å²) >= 11 is 5.22. The molecule has 0 saturated heterocycles. The van der Waals surface area contributed by atoms with E-state index in [0.29, 0.717) is 6.07 Å². The highest BCUT2D eigenvalue weighted by atomic mass is 35.5. The van der Waals surface area contributed by atoms with Crippen LogP contribution in [0.5, 0.6) is 0 Å². The van der Waals surface area contributed by atoms with E-state index in [4.69, 9.17) is 16.9 Å². The number of halogens is 3. The Bertz CT molecular complexity index is 426. The summed E-state index contributed by atoms with van der Waals surface area (Å²) in [5.74, 6) is -3.06. The molecule has 72 valence electrons. The molecule has 2 nitrogen and oxygen atoms in total. The maximum atomic E-state index is 13.0. The fourth-order valence-corrected chi connectivity index (χ4v) is 1.12. The van der Waals surface area contributed by atoms with Crippen molar-refractivity contribution >= 4 is 17.4 Å². The fourth-order valence-electron chi connectivity index (χ4n) is 0.979. The number of rotatable bonds is 2. The molecule has 0 aromatic heterocycles. The molecule has 0 fully saturated rings. The number of alkyl halides is 1. The lowest BCUT2D eigenvalue weighted by Crippen LogP contribution is -2.06. The number of ketones is 1. The SMILES string of the molecule is N#Cc1c(F)cc(F)cc1C(=O)CCl.